The maximum absolute atomic E-state index is 13.6. The summed E-state index contributed by atoms with van der Waals surface area (Å²) in [5, 5.41) is 8.67. The first-order valence-electron chi connectivity index (χ1n) is 9.61. The number of hydrogen-bond acceptors (Lipinski definition) is 2. The topological polar surface area (TPSA) is 70.2 Å². The summed E-state index contributed by atoms with van der Waals surface area (Å²) in [7, 11) is 0. The molecule has 1 aromatic rings. The monoisotopic (exact) mass is 363 g/mol. The van der Waals surface area contributed by atoms with Gasteiger partial charge in [-0.1, -0.05) is 37.5 Å². The van der Waals surface area contributed by atoms with Crippen LogP contribution in [0.4, 0.5) is 9.18 Å². The Morgan fingerprint density at radius 1 is 1.19 bits per heavy atom. The van der Waals surface area contributed by atoms with E-state index >= 15 is 0 Å². The van der Waals surface area contributed by atoms with Crippen molar-refractivity contribution in [3.05, 3.63) is 35.6 Å². The second kappa shape index (κ2) is 10.8. The van der Waals surface area contributed by atoms with Gasteiger partial charge >= 0.3 is 6.03 Å². The van der Waals surface area contributed by atoms with Crippen molar-refractivity contribution in [2.45, 2.75) is 70.4 Å². The summed E-state index contributed by atoms with van der Waals surface area (Å²) in [6.45, 7) is 2.33. The molecule has 144 valence electrons. The Morgan fingerprint density at radius 2 is 1.92 bits per heavy atom. The highest BCUT2D eigenvalue weighted by molar-refractivity contribution is 5.76. The molecule has 26 heavy (non-hydrogen) atoms. The molecule has 0 aromatic heterocycles. The lowest BCUT2D eigenvalue weighted by atomic mass is 9.96. The largest absolute Gasteiger partial charge is 0.353 e. The molecule has 2 rings (SSSR count). The molecule has 1 aromatic carbocycles. The first-order chi connectivity index (χ1) is 12.5. The van der Waals surface area contributed by atoms with E-state index in [0.29, 0.717) is 31.4 Å². The van der Waals surface area contributed by atoms with E-state index in [1.807, 2.05) is 6.92 Å². The number of benzene rings is 1. The maximum Gasteiger partial charge on any atom is 0.315 e. The van der Waals surface area contributed by atoms with E-state index in [1.54, 1.807) is 18.2 Å². The normalized spacial score (nSPS) is 15.9. The Hall–Kier alpha value is -2.11. The molecule has 0 bridgehead atoms. The molecule has 5 nitrogen and oxygen atoms in total. The second-order valence-corrected chi connectivity index (χ2v) is 7.10. The van der Waals surface area contributed by atoms with Crippen LogP contribution < -0.4 is 16.0 Å². The summed E-state index contributed by atoms with van der Waals surface area (Å²) in [5.74, 6) is -0.329. The van der Waals surface area contributed by atoms with Crippen LogP contribution in [-0.2, 0) is 11.2 Å². The van der Waals surface area contributed by atoms with Gasteiger partial charge in [0.05, 0.1) is 0 Å². The number of amides is 3. The molecule has 1 saturated carbocycles. The van der Waals surface area contributed by atoms with Crippen molar-refractivity contribution in [1.82, 2.24) is 16.0 Å². The Balaban J connectivity index is 1.56. The lowest BCUT2D eigenvalue weighted by molar-refractivity contribution is -0.121. The predicted octanol–water partition coefficient (Wildman–Crippen LogP) is 3.29. The average molecular weight is 363 g/mol. The van der Waals surface area contributed by atoms with Crippen LogP contribution in [0.5, 0.6) is 0 Å². The van der Waals surface area contributed by atoms with Gasteiger partial charge in [-0.3, -0.25) is 4.79 Å². The lowest BCUT2D eigenvalue weighted by Crippen LogP contribution is -2.43. The van der Waals surface area contributed by atoms with E-state index in [0.717, 1.165) is 12.8 Å². The number of carbonyl (C=O) groups excluding carboxylic acids is 2. The molecule has 0 saturated heterocycles. The third-order valence-electron chi connectivity index (χ3n) is 4.70. The fourth-order valence-electron chi connectivity index (χ4n) is 3.33. The minimum atomic E-state index is -0.248. The van der Waals surface area contributed by atoms with Crippen molar-refractivity contribution in [2.24, 2.45) is 0 Å². The zero-order chi connectivity index (χ0) is 18.8. The highest BCUT2D eigenvalue weighted by Gasteiger charge is 2.15. The van der Waals surface area contributed by atoms with E-state index in [9.17, 15) is 14.0 Å². The van der Waals surface area contributed by atoms with Crippen molar-refractivity contribution >= 4 is 11.9 Å². The summed E-state index contributed by atoms with van der Waals surface area (Å²) in [6, 6.07) is 6.59. The molecule has 1 aliphatic rings. The van der Waals surface area contributed by atoms with Gasteiger partial charge in [-0.2, -0.15) is 0 Å². The molecule has 0 heterocycles. The van der Waals surface area contributed by atoms with Crippen molar-refractivity contribution in [3.63, 3.8) is 0 Å². The summed E-state index contributed by atoms with van der Waals surface area (Å²) in [6.07, 6.45) is 7.09. The van der Waals surface area contributed by atoms with Gasteiger partial charge in [0.25, 0.3) is 0 Å². The molecule has 6 heteroatoms. The van der Waals surface area contributed by atoms with Gasteiger partial charge in [-0.05, 0) is 44.2 Å². The van der Waals surface area contributed by atoms with Crippen LogP contribution in [0.15, 0.2) is 24.3 Å². The highest BCUT2D eigenvalue weighted by atomic mass is 19.1. The quantitative estimate of drug-likeness (QED) is 0.620. The number of nitrogens with one attached hydrogen (secondary N) is 3. The minimum absolute atomic E-state index is 0.0803. The predicted molar refractivity (Wildman–Crippen MR) is 100 cm³/mol. The standard InChI is InChI=1S/C20H30FN3O2/c1-15(14-16-8-5-6-11-18(16)21)23-19(25)12-7-13-22-20(26)24-17-9-3-2-4-10-17/h5-6,8,11,15,17H,2-4,7,9-10,12-14H2,1H3,(H,23,25)(H2,22,24,26). The van der Waals surface area contributed by atoms with Crippen molar-refractivity contribution in [2.75, 3.05) is 6.54 Å². The van der Waals surface area contributed by atoms with Crippen molar-refractivity contribution < 1.29 is 14.0 Å². The van der Waals surface area contributed by atoms with Crippen LogP contribution in [0.25, 0.3) is 0 Å². The van der Waals surface area contributed by atoms with E-state index in [2.05, 4.69) is 16.0 Å². The number of urea groups is 1. The summed E-state index contributed by atoms with van der Waals surface area (Å²) in [4.78, 5) is 23.8. The highest BCUT2D eigenvalue weighted by Crippen LogP contribution is 2.17. The van der Waals surface area contributed by atoms with Crippen LogP contribution in [0, 0.1) is 5.82 Å². The van der Waals surface area contributed by atoms with E-state index in [-0.39, 0.29) is 29.8 Å². The Labute approximate surface area is 155 Å². The number of carbonyl (C=O) groups is 2. The SMILES string of the molecule is CC(Cc1ccccc1F)NC(=O)CCCNC(=O)NC1CCCCC1. The third-order valence-corrected chi connectivity index (χ3v) is 4.70. The van der Waals surface area contributed by atoms with E-state index < -0.39 is 0 Å². The summed E-state index contributed by atoms with van der Waals surface area (Å²) >= 11 is 0. The second-order valence-electron chi connectivity index (χ2n) is 7.10. The maximum atomic E-state index is 13.6. The fraction of sp³-hybridized carbons (Fsp3) is 0.600. The van der Waals surface area contributed by atoms with Gasteiger partial charge in [0.1, 0.15) is 5.82 Å². The Morgan fingerprint density at radius 3 is 2.65 bits per heavy atom. The van der Waals surface area contributed by atoms with Gasteiger partial charge in [-0.15, -0.1) is 0 Å². The van der Waals surface area contributed by atoms with Gasteiger partial charge in [0.2, 0.25) is 5.91 Å². The number of rotatable bonds is 8. The number of halogens is 1. The van der Waals surface area contributed by atoms with Crippen LogP contribution in [0.3, 0.4) is 0 Å². The molecule has 1 fully saturated rings. The Bertz CT molecular complexity index is 588. The van der Waals surface area contributed by atoms with Gasteiger partial charge in [0.15, 0.2) is 0 Å². The first-order valence-corrected chi connectivity index (χ1v) is 9.61. The van der Waals surface area contributed by atoms with Crippen LogP contribution in [0.2, 0.25) is 0 Å². The van der Waals surface area contributed by atoms with E-state index in [4.69, 9.17) is 0 Å². The van der Waals surface area contributed by atoms with Crippen LogP contribution in [0.1, 0.15) is 57.4 Å². The molecule has 3 amide bonds. The first kappa shape index (κ1) is 20.2. The Kier molecular flexibility index (Phi) is 8.38. The fourth-order valence-corrected chi connectivity index (χ4v) is 3.33. The van der Waals surface area contributed by atoms with Crippen LogP contribution >= 0.6 is 0 Å². The van der Waals surface area contributed by atoms with Gasteiger partial charge < -0.3 is 16.0 Å². The zero-order valence-electron chi connectivity index (χ0n) is 15.5. The van der Waals surface area contributed by atoms with Crippen LogP contribution in [-0.4, -0.2) is 30.6 Å². The van der Waals surface area contributed by atoms with Gasteiger partial charge in [-0.25, -0.2) is 9.18 Å². The molecule has 1 aliphatic carbocycles. The molecular weight excluding hydrogens is 333 g/mol. The lowest BCUT2D eigenvalue weighted by Gasteiger charge is -2.22. The van der Waals surface area contributed by atoms with Crippen molar-refractivity contribution in [1.29, 1.82) is 0 Å². The minimum Gasteiger partial charge on any atom is -0.353 e. The average Bonchev–Trinajstić information content (AvgIpc) is 2.61. The molecule has 1 atom stereocenters. The van der Waals surface area contributed by atoms with Crippen molar-refractivity contribution in [3.8, 4) is 0 Å². The third kappa shape index (κ3) is 7.42. The molecule has 3 N–H and O–H groups in total. The van der Waals surface area contributed by atoms with Gasteiger partial charge in [0, 0.05) is 25.0 Å². The summed E-state index contributed by atoms with van der Waals surface area (Å²) in [5.41, 5.74) is 0.598. The zero-order valence-corrected chi connectivity index (χ0v) is 15.5. The summed E-state index contributed by atoms with van der Waals surface area (Å²) < 4.78 is 13.6. The smallest absolute Gasteiger partial charge is 0.315 e. The number of hydrogen-bond donors (Lipinski definition) is 3. The molecule has 0 aliphatic heterocycles. The molecule has 1 unspecified atom stereocenters. The molecule has 0 radical (unpaired) electrons. The molecule has 0 spiro atoms. The van der Waals surface area contributed by atoms with E-state index in [1.165, 1.54) is 25.3 Å². The molecular formula is C20H30FN3O2.